The summed E-state index contributed by atoms with van der Waals surface area (Å²) in [6.45, 7) is 10.3. The molecule has 0 unspecified atom stereocenters. The van der Waals surface area contributed by atoms with Crippen molar-refractivity contribution in [2.24, 2.45) is 34.5 Å². The van der Waals surface area contributed by atoms with Crippen LogP contribution in [0.2, 0.25) is 0 Å². The molecule has 1 N–H and O–H groups in total. The third-order valence-electron chi connectivity index (χ3n) is 8.19. The first-order valence-corrected chi connectivity index (χ1v) is 11.6. The van der Waals surface area contributed by atoms with Gasteiger partial charge in [-0.15, -0.1) is 0 Å². The van der Waals surface area contributed by atoms with Gasteiger partial charge in [0.25, 0.3) is 0 Å². The number of carbonyl (C=O) groups is 2. The van der Waals surface area contributed by atoms with Gasteiger partial charge < -0.3 is 5.11 Å². The standard InChI is InChI=1S/C27H36O3/c1-6-20-17-26(8-3,16-15-19-13-11-10-12-14-19)27(9-4,25(29)30)23-21(7-2)24(28)18(5)22(20)23/h10-18,21-23H,6-9H2,1-5H3,(H,29,30)/b16-15+/t18-,21-,22+,23-,26-,27-/m0/s1. The number of hydrogen-bond acceptors (Lipinski definition) is 2. The SMILES string of the molecule is CCC1=C[C@@](/C=C/c2ccccc2)(CC)[C@](CC)(C(=O)O)[C@@H]2[C@@H]1[C@H](C)C(=O)[C@H]2CC. The fourth-order valence-electron chi connectivity index (χ4n) is 6.71. The van der Waals surface area contributed by atoms with Crippen LogP contribution in [0.3, 0.4) is 0 Å². The van der Waals surface area contributed by atoms with Gasteiger partial charge in [0.1, 0.15) is 5.78 Å². The van der Waals surface area contributed by atoms with Crippen molar-refractivity contribution in [3.05, 3.63) is 53.6 Å². The molecule has 3 rings (SSSR count). The Morgan fingerprint density at radius 1 is 1.10 bits per heavy atom. The zero-order valence-electron chi connectivity index (χ0n) is 19.0. The van der Waals surface area contributed by atoms with E-state index in [1.807, 2.05) is 51.1 Å². The predicted octanol–water partition coefficient (Wildman–Crippen LogP) is 6.40. The molecule has 30 heavy (non-hydrogen) atoms. The van der Waals surface area contributed by atoms with Gasteiger partial charge in [-0.25, -0.2) is 0 Å². The van der Waals surface area contributed by atoms with Crippen molar-refractivity contribution in [1.29, 1.82) is 0 Å². The van der Waals surface area contributed by atoms with Gasteiger partial charge >= 0.3 is 5.97 Å². The van der Waals surface area contributed by atoms with Crippen LogP contribution >= 0.6 is 0 Å². The highest BCUT2D eigenvalue weighted by Crippen LogP contribution is 2.66. The van der Waals surface area contributed by atoms with E-state index in [0.29, 0.717) is 19.3 Å². The number of carboxylic acids is 1. The zero-order chi connectivity index (χ0) is 22.1. The summed E-state index contributed by atoms with van der Waals surface area (Å²) in [4.78, 5) is 26.4. The number of rotatable bonds is 7. The predicted molar refractivity (Wildman–Crippen MR) is 122 cm³/mol. The Morgan fingerprint density at radius 3 is 2.27 bits per heavy atom. The van der Waals surface area contributed by atoms with Crippen molar-refractivity contribution in [2.75, 3.05) is 0 Å². The molecule has 162 valence electrons. The fraction of sp³-hybridized carbons (Fsp3) is 0.556. The van der Waals surface area contributed by atoms with Gasteiger partial charge in [0, 0.05) is 17.3 Å². The second kappa shape index (κ2) is 8.53. The molecule has 0 amide bonds. The van der Waals surface area contributed by atoms with Gasteiger partial charge in [-0.3, -0.25) is 9.59 Å². The van der Waals surface area contributed by atoms with Crippen molar-refractivity contribution in [1.82, 2.24) is 0 Å². The lowest BCUT2D eigenvalue weighted by atomic mass is 9.46. The molecule has 2 aliphatic rings. The van der Waals surface area contributed by atoms with Gasteiger partial charge in [-0.1, -0.05) is 88.8 Å². The van der Waals surface area contributed by atoms with Gasteiger partial charge in [-0.2, -0.15) is 0 Å². The van der Waals surface area contributed by atoms with Crippen molar-refractivity contribution < 1.29 is 14.7 Å². The lowest BCUT2D eigenvalue weighted by Crippen LogP contribution is -2.56. The van der Waals surface area contributed by atoms with Crippen molar-refractivity contribution in [3.63, 3.8) is 0 Å². The number of benzene rings is 1. The van der Waals surface area contributed by atoms with Crippen LogP contribution in [-0.4, -0.2) is 16.9 Å². The van der Waals surface area contributed by atoms with E-state index >= 15 is 0 Å². The number of aliphatic carboxylic acids is 1. The second-order valence-corrected chi connectivity index (χ2v) is 9.10. The molecular formula is C27H36O3. The maximum absolute atomic E-state index is 13.2. The summed E-state index contributed by atoms with van der Waals surface area (Å²) in [5, 5.41) is 10.8. The van der Waals surface area contributed by atoms with E-state index in [0.717, 1.165) is 12.0 Å². The van der Waals surface area contributed by atoms with Crippen LogP contribution in [0.4, 0.5) is 0 Å². The van der Waals surface area contributed by atoms with Gasteiger partial charge in [0.05, 0.1) is 5.41 Å². The van der Waals surface area contributed by atoms with Gasteiger partial charge in [0.2, 0.25) is 0 Å². The number of fused-ring (bicyclic) bond motifs is 1. The largest absolute Gasteiger partial charge is 0.481 e. The molecule has 0 aromatic heterocycles. The molecule has 0 spiro atoms. The molecule has 0 bridgehead atoms. The molecule has 2 aliphatic carbocycles. The molecule has 0 radical (unpaired) electrons. The van der Waals surface area contributed by atoms with E-state index in [-0.39, 0.29) is 29.5 Å². The minimum atomic E-state index is -0.989. The Labute approximate surface area is 181 Å². The quantitative estimate of drug-likeness (QED) is 0.531. The average molecular weight is 409 g/mol. The van der Waals surface area contributed by atoms with Crippen molar-refractivity contribution in [2.45, 2.75) is 60.3 Å². The maximum atomic E-state index is 13.2. The minimum absolute atomic E-state index is 0.0355. The smallest absolute Gasteiger partial charge is 0.311 e. The van der Waals surface area contributed by atoms with E-state index in [9.17, 15) is 14.7 Å². The topological polar surface area (TPSA) is 54.4 Å². The number of carbonyl (C=O) groups excluding carboxylic acids is 1. The number of Topliss-reactive ketones (excluding diaryl/α,β-unsaturated/α-hetero) is 1. The molecule has 3 heteroatoms. The number of ketones is 1. The van der Waals surface area contributed by atoms with Crippen LogP contribution in [-0.2, 0) is 9.59 Å². The van der Waals surface area contributed by atoms with Crippen LogP contribution < -0.4 is 0 Å². The second-order valence-electron chi connectivity index (χ2n) is 9.10. The summed E-state index contributed by atoms with van der Waals surface area (Å²) in [6.07, 6.45) is 9.22. The molecule has 6 atom stereocenters. The molecule has 0 heterocycles. The van der Waals surface area contributed by atoms with E-state index in [4.69, 9.17) is 0 Å². The third kappa shape index (κ3) is 3.09. The van der Waals surface area contributed by atoms with E-state index in [2.05, 4.69) is 32.1 Å². The highest BCUT2D eigenvalue weighted by molar-refractivity contribution is 5.90. The van der Waals surface area contributed by atoms with Crippen LogP contribution in [0.15, 0.2) is 48.1 Å². The molecule has 1 aromatic carbocycles. The van der Waals surface area contributed by atoms with E-state index < -0.39 is 16.8 Å². The summed E-state index contributed by atoms with van der Waals surface area (Å²) in [5.74, 6) is -0.922. The first-order valence-electron chi connectivity index (χ1n) is 11.6. The molecule has 1 aromatic rings. The Morgan fingerprint density at radius 2 is 1.77 bits per heavy atom. The average Bonchev–Trinajstić information content (AvgIpc) is 3.02. The first kappa shape index (κ1) is 22.5. The maximum Gasteiger partial charge on any atom is 0.311 e. The Kier molecular flexibility index (Phi) is 6.40. The lowest BCUT2D eigenvalue weighted by molar-refractivity contribution is -0.165. The minimum Gasteiger partial charge on any atom is -0.481 e. The highest BCUT2D eigenvalue weighted by Gasteiger charge is 2.67. The number of allylic oxidation sites excluding steroid dienone is 3. The summed E-state index contributed by atoms with van der Waals surface area (Å²) < 4.78 is 0. The van der Waals surface area contributed by atoms with Crippen LogP contribution in [0.1, 0.15) is 65.9 Å². The summed E-state index contributed by atoms with van der Waals surface area (Å²) in [6, 6.07) is 10.1. The summed E-state index contributed by atoms with van der Waals surface area (Å²) in [5.41, 5.74) is 0.726. The molecule has 3 nitrogen and oxygen atoms in total. The Bertz CT molecular complexity index is 852. The summed E-state index contributed by atoms with van der Waals surface area (Å²) >= 11 is 0. The monoisotopic (exact) mass is 408 g/mol. The van der Waals surface area contributed by atoms with Crippen LogP contribution in [0.5, 0.6) is 0 Å². The van der Waals surface area contributed by atoms with Gasteiger partial charge in [-0.05, 0) is 43.1 Å². The molecule has 1 fully saturated rings. The van der Waals surface area contributed by atoms with Crippen LogP contribution in [0, 0.1) is 34.5 Å². The highest BCUT2D eigenvalue weighted by atomic mass is 16.4. The van der Waals surface area contributed by atoms with Gasteiger partial charge in [0.15, 0.2) is 0 Å². The molecule has 0 aliphatic heterocycles. The molecule has 0 saturated heterocycles. The zero-order valence-corrected chi connectivity index (χ0v) is 19.0. The molecule has 1 saturated carbocycles. The number of hydrogen-bond donors (Lipinski definition) is 1. The third-order valence-corrected chi connectivity index (χ3v) is 8.19. The number of carboxylic acid groups (broad SMARTS) is 1. The normalized spacial score (nSPS) is 36.0. The fourth-order valence-corrected chi connectivity index (χ4v) is 6.71. The first-order chi connectivity index (χ1) is 14.3. The lowest BCUT2D eigenvalue weighted by Gasteiger charge is -2.55. The van der Waals surface area contributed by atoms with Crippen molar-refractivity contribution in [3.8, 4) is 0 Å². The van der Waals surface area contributed by atoms with Crippen molar-refractivity contribution >= 4 is 17.8 Å². The van der Waals surface area contributed by atoms with E-state index in [1.165, 1.54) is 5.57 Å². The Balaban J connectivity index is 2.30. The summed E-state index contributed by atoms with van der Waals surface area (Å²) in [7, 11) is 0. The molecular weight excluding hydrogens is 372 g/mol. The Hall–Kier alpha value is -2.16. The van der Waals surface area contributed by atoms with Crippen LogP contribution in [0.25, 0.3) is 6.08 Å². The van der Waals surface area contributed by atoms with E-state index in [1.54, 1.807) is 0 Å².